The van der Waals surface area contributed by atoms with Crippen LogP contribution in [0.25, 0.3) is 0 Å². The normalized spacial score (nSPS) is 17.9. The summed E-state index contributed by atoms with van der Waals surface area (Å²) in [7, 11) is 1.70. The molecule has 0 radical (unpaired) electrons. The number of benzene rings is 1. The van der Waals surface area contributed by atoms with Crippen LogP contribution in [0.5, 0.6) is 5.75 Å². The minimum atomic E-state index is 0.0401. The number of hydrogen-bond donors (Lipinski definition) is 2. The van der Waals surface area contributed by atoms with Gasteiger partial charge in [-0.1, -0.05) is 39.8 Å². The van der Waals surface area contributed by atoms with E-state index in [-0.39, 0.29) is 23.9 Å². The molecule has 0 bridgehead atoms. The Labute approximate surface area is 188 Å². The average Bonchev–Trinajstić information content (AvgIpc) is 3.24. The molecule has 1 heterocycles. The van der Waals surface area contributed by atoms with E-state index in [0.717, 1.165) is 50.9 Å². The highest BCUT2D eigenvalue weighted by Crippen LogP contribution is 2.24. The molecule has 0 aliphatic carbocycles. The first-order valence-electron chi connectivity index (χ1n) is 11.6. The predicted octanol–water partition coefficient (Wildman–Crippen LogP) is 2.89. The van der Waals surface area contributed by atoms with Crippen molar-refractivity contribution in [3.63, 3.8) is 0 Å². The average molecular weight is 432 g/mol. The van der Waals surface area contributed by atoms with Crippen LogP contribution in [-0.2, 0) is 4.79 Å². The predicted molar refractivity (Wildman–Crippen MR) is 128 cm³/mol. The van der Waals surface area contributed by atoms with E-state index in [2.05, 4.69) is 48.4 Å². The summed E-state index contributed by atoms with van der Waals surface area (Å²) in [6.45, 7) is 15.2. The van der Waals surface area contributed by atoms with E-state index >= 15 is 0 Å². The lowest BCUT2D eigenvalue weighted by atomic mass is 10.0. The first-order chi connectivity index (χ1) is 14.9. The van der Waals surface area contributed by atoms with E-state index in [1.807, 2.05) is 30.9 Å². The van der Waals surface area contributed by atoms with Crippen molar-refractivity contribution in [2.24, 2.45) is 10.9 Å². The van der Waals surface area contributed by atoms with Gasteiger partial charge in [0.25, 0.3) is 0 Å². The van der Waals surface area contributed by atoms with Crippen molar-refractivity contribution in [3.05, 3.63) is 29.8 Å². The number of rotatable bonds is 10. The molecule has 2 unspecified atom stereocenters. The Bertz CT molecular complexity index is 718. The van der Waals surface area contributed by atoms with Crippen molar-refractivity contribution < 1.29 is 9.53 Å². The second-order valence-electron chi connectivity index (χ2n) is 8.30. The van der Waals surface area contributed by atoms with Gasteiger partial charge in [-0.05, 0) is 44.1 Å². The molecule has 7 nitrogen and oxygen atoms in total. The number of nitrogens with one attached hydrogen (secondary N) is 2. The second-order valence-corrected chi connectivity index (χ2v) is 8.30. The zero-order chi connectivity index (χ0) is 22.8. The third-order valence-electron chi connectivity index (χ3n) is 5.83. The Hall–Kier alpha value is -2.28. The molecule has 174 valence electrons. The topological polar surface area (TPSA) is 69.2 Å². The molecule has 2 rings (SSSR count). The fourth-order valence-electron chi connectivity index (χ4n) is 4.08. The van der Waals surface area contributed by atoms with Gasteiger partial charge in [-0.3, -0.25) is 14.7 Å². The van der Waals surface area contributed by atoms with Gasteiger partial charge < -0.3 is 20.3 Å². The molecule has 7 heteroatoms. The maximum Gasteiger partial charge on any atom is 0.225 e. The van der Waals surface area contributed by atoms with E-state index in [0.29, 0.717) is 6.54 Å². The molecule has 31 heavy (non-hydrogen) atoms. The number of nitrogens with zero attached hydrogens (tertiary/aromatic N) is 3. The quantitative estimate of drug-likeness (QED) is 0.440. The summed E-state index contributed by atoms with van der Waals surface area (Å²) in [5.74, 6) is 1.94. The molecule has 1 saturated heterocycles. The number of ether oxygens (including phenoxy) is 1. The maximum atomic E-state index is 12.3. The number of carbonyl (C=O) groups is 1. The van der Waals surface area contributed by atoms with Crippen LogP contribution >= 0.6 is 0 Å². The lowest BCUT2D eigenvalue weighted by Crippen LogP contribution is -2.45. The molecule has 1 aromatic rings. The Morgan fingerprint density at radius 2 is 2.03 bits per heavy atom. The monoisotopic (exact) mass is 431 g/mol. The number of methoxy groups -OCH3 is 1. The lowest BCUT2D eigenvalue weighted by Gasteiger charge is -2.29. The summed E-state index contributed by atoms with van der Waals surface area (Å²) in [6, 6.07) is 8.66. The van der Waals surface area contributed by atoms with Crippen LogP contribution < -0.4 is 15.4 Å². The van der Waals surface area contributed by atoms with E-state index < -0.39 is 0 Å². The van der Waals surface area contributed by atoms with Crippen LogP contribution in [0.1, 0.15) is 52.6 Å². The summed E-state index contributed by atoms with van der Waals surface area (Å²) in [6.07, 6.45) is 0.943. The molecule has 0 saturated carbocycles. The third kappa shape index (κ3) is 7.13. The molecular formula is C24H41N5O2. The van der Waals surface area contributed by atoms with Crippen molar-refractivity contribution in [2.45, 2.75) is 53.1 Å². The number of carbonyl (C=O) groups excluding carboxylic acids is 1. The number of guanidine groups is 1. The number of likely N-dealkylation sites (N-methyl/N-ethyl adjacent to an activating group) is 1. The molecule has 1 amide bonds. The molecule has 1 aliphatic heterocycles. The first kappa shape index (κ1) is 25.0. The fourth-order valence-corrected chi connectivity index (χ4v) is 4.08. The zero-order valence-electron chi connectivity index (χ0n) is 20.1. The van der Waals surface area contributed by atoms with Gasteiger partial charge >= 0.3 is 0 Å². The van der Waals surface area contributed by atoms with E-state index in [4.69, 9.17) is 9.73 Å². The molecule has 0 aromatic heterocycles. The van der Waals surface area contributed by atoms with Gasteiger partial charge in [-0.25, -0.2) is 0 Å². The van der Waals surface area contributed by atoms with Gasteiger partial charge in [-0.2, -0.15) is 0 Å². The van der Waals surface area contributed by atoms with Crippen molar-refractivity contribution in [2.75, 3.05) is 46.4 Å². The number of amides is 1. The summed E-state index contributed by atoms with van der Waals surface area (Å²) in [5.41, 5.74) is 1.21. The van der Waals surface area contributed by atoms with Gasteiger partial charge in [0, 0.05) is 31.6 Å². The summed E-state index contributed by atoms with van der Waals surface area (Å²) in [5, 5.41) is 6.92. The van der Waals surface area contributed by atoms with Crippen LogP contribution in [0.2, 0.25) is 0 Å². The largest absolute Gasteiger partial charge is 0.497 e. The number of hydrogen-bond acceptors (Lipinski definition) is 4. The zero-order valence-corrected chi connectivity index (χ0v) is 20.1. The smallest absolute Gasteiger partial charge is 0.225 e. The SMILES string of the molecule is CCNC(=NCC(c1cccc(OC)c1)N(CC)CC)NC1CCN(C(=O)C(C)C)C1. The van der Waals surface area contributed by atoms with E-state index in [9.17, 15) is 4.79 Å². The highest BCUT2D eigenvalue weighted by molar-refractivity contribution is 5.81. The molecule has 0 spiro atoms. The molecule has 1 aliphatic rings. The van der Waals surface area contributed by atoms with E-state index in [1.165, 1.54) is 5.56 Å². The van der Waals surface area contributed by atoms with Crippen LogP contribution in [0.3, 0.4) is 0 Å². The third-order valence-corrected chi connectivity index (χ3v) is 5.83. The second kappa shape index (κ2) is 12.5. The van der Waals surface area contributed by atoms with Gasteiger partial charge in [-0.15, -0.1) is 0 Å². The van der Waals surface area contributed by atoms with Gasteiger partial charge in [0.1, 0.15) is 5.75 Å². The summed E-state index contributed by atoms with van der Waals surface area (Å²) in [4.78, 5) is 21.6. The summed E-state index contributed by atoms with van der Waals surface area (Å²) >= 11 is 0. The van der Waals surface area contributed by atoms with Gasteiger partial charge in [0.2, 0.25) is 5.91 Å². The Kier molecular flexibility index (Phi) is 10.1. The summed E-state index contributed by atoms with van der Waals surface area (Å²) < 4.78 is 5.44. The molecule has 1 aromatic carbocycles. The lowest BCUT2D eigenvalue weighted by molar-refractivity contribution is -0.133. The molecule has 1 fully saturated rings. The van der Waals surface area contributed by atoms with Crippen molar-refractivity contribution in [1.29, 1.82) is 0 Å². The molecule has 2 atom stereocenters. The van der Waals surface area contributed by atoms with Crippen molar-refractivity contribution >= 4 is 11.9 Å². The minimum absolute atomic E-state index is 0.0401. The van der Waals surface area contributed by atoms with Crippen LogP contribution in [0, 0.1) is 5.92 Å². The standard InChI is InChI=1S/C24H41N5O2/c1-7-25-24(27-20-13-14-29(17-20)23(30)18(4)5)26-16-22(28(8-2)9-3)19-11-10-12-21(15-19)31-6/h10-12,15,18,20,22H,7-9,13-14,16-17H2,1-6H3,(H2,25,26,27). The Morgan fingerprint density at radius 1 is 1.29 bits per heavy atom. The fraction of sp³-hybridized carbons (Fsp3) is 0.667. The Balaban J connectivity index is 2.13. The van der Waals surface area contributed by atoms with Crippen molar-refractivity contribution in [1.82, 2.24) is 20.4 Å². The van der Waals surface area contributed by atoms with Gasteiger partial charge in [0.15, 0.2) is 5.96 Å². The molecule has 2 N–H and O–H groups in total. The first-order valence-corrected chi connectivity index (χ1v) is 11.6. The van der Waals surface area contributed by atoms with Crippen LogP contribution in [0.15, 0.2) is 29.3 Å². The van der Waals surface area contributed by atoms with Crippen LogP contribution in [0.4, 0.5) is 0 Å². The molecular weight excluding hydrogens is 390 g/mol. The van der Waals surface area contributed by atoms with Crippen LogP contribution in [-0.4, -0.2) is 74.1 Å². The Morgan fingerprint density at radius 3 is 2.65 bits per heavy atom. The van der Waals surface area contributed by atoms with Gasteiger partial charge in [0.05, 0.1) is 19.7 Å². The number of likely N-dealkylation sites (tertiary alicyclic amines) is 1. The minimum Gasteiger partial charge on any atom is -0.497 e. The number of aliphatic imine (C=N–C) groups is 1. The maximum absolute atomic E-state index is 12.3. The van der Waals surface area contributed by atoms with Crippen molar-refractivity contribution in [3.8, 4) is 5.75 Å². The highest BCUT2D eigenvalue weighted by atomic mass is 16.5. The van der Waals surface area contributed by atoms with E-state index in [1.54, 1.807) is 7.11 Å². The highest BCUT2D eigenvalue weighted by Gasteiger charge is 2.28.